The Balaban J connectivity index is 2.07. The molecular weight excluding hydrogens is 259 g/mol. The van der Waals surface area contributed by atoms with Gasteiger partial charge in [-0.25, -0.2) is 13.2 Å². The highest BCUT2D eigenvalue weighted by Gasteiger charge is 2.28. The minimum Gasteiger partial charge on any atom is -0.396 e. The summed E-state index contributed by atoms with van der Waals surface area (Å²) in [5.74, 6) is -2.98. The van der Waals surface area contributed by atoms with E-state index in [0.29, 0.717) is 25.1 Å². The third-order valence-electron chi connectivity index (χ3n) is 3.53. The molecule has 0 amide bonds. The second-order valence-corrected chi connectivity index (χ2v) is 4.88. The monoisotopic (exact) mass is 275 g/mol. The fourth-order valence-electron chi connectivity index (χ4n) is 2.35. The number of aliphatic hydroxyl groups excluding tert-OH is 2. The summed E-state index contributed by atoms with van der Waals surface area (Å²) < 4.78 is 39.8. The van der Waals surface area contributed by atoms with Gasteiger partial charge < -0.3 is 10.2 Å². The molecule has 0 aliphatic carbocycles. The van der Waals surface area contributed by atoms with Crippen LogP contribution in [0.5, 0.6) is 0 Å². The average Bonchev–Trinajstić information content (AvgIpc) is 2.34. The van der Waals surface area contributed by atoms with Gasteiger partial charge in [-0.05, 0) is 13.0 Å². The molecule has 1 saturated heterocycles. The molecule has 1 heterocycles. The van der Waals surface area contributed by atoms with Crippen molar-refractivity contribution in [2.45, 2.75) is 19.1 Å². The Labute approximate surface area is 109 Å². The second kappa shape index (κ2) is 5.90. The molecule has 19 heavy (non-hydrogen) atoms. The maximum absolute atomic E-state index is 13.5. The Hall–Kier alpha value is -1.11. The quantitative estimate of drug-likeness (QED) is 0.873. The molecule has 1 aromatic rings. The number of hydrogen-bond donors (Lipinski definition) is 2. The lowest BCUT2D eigenvalue weighted by atomic mass is 9.94. The summed E-state index contributed by atoms with van der Waals surface area (Å²) >= 11 is 0. The summed E-state index contributed by atoms with van der Waals surface area (Å²) in [6, 6.07) is 1.30. The van der Waals surface area contributed by atoms with Crippen LogP contribution in [0.15, 0.2) is 12.1 Å². The number of β-amino-alcohol motifs (C(OH)–C–C–N with tert-alkyl or cyclic N) is 1. The Morgan fingerprint density at radius 2 is 1.84 bits per heavy atom. The minimum atomic E-state index is -0.947. The molecule has 0 saturated carbocycles. The molecule has 2 rings (SSSR count). The van der Waals surface area contributed by atoms with Gasteiger partial charge in [0, 0.05) is 43.3 Å². The van der Waals surface area contributed by atoms with Crippen LogP contribution in [0.3, 0.4) is 0 Å². The largest absolute Gasteiger partial charge is 0.396 e. The molecule has 106 valence electrons. The lowest BCUT2D eigenvalue weighted by molar-refractivity contribution is -0.00507. The second-order valence-electron chi connectivity index (χ2n) is 4.88. The molecule has 0 spiro atoms. The highest BCUT2D eigenvalue weighted by atomic mass is 19.1. The first-order valence-corrected chi connectivity index (χ1v) is 6.16. The number of aliphatic hydroxyl groups is 2. The summed E-state index contributed by atoms with van der Waals surface area (Å²) in [6.07, 6.45) is -0.160. The van der Waals surface area contributed by atoms with Crippen molar-refractivity contribution in [2.24, 2.45) is 5.92 Å². The van der Waals surface area contributed by atoms with E-state index in [9.17, 15) is 18.3 Å². The minimum absolute atomic E-state index is 0.0207. The average molecular weight is 275 g/mol. The van der Waals surface area contributed by atoms with Gasteiger partial charge in [0.25, 0.3) is 0 Å². The van der Waals surface area contributed by atoms with E-state index in [1.807, 2.05) is 0 Å². The molecule has 1 aliphatic heterocycles. The highest BCUT2D eigenvalue weighted by molar-refractivity contribution is 5.20. The summed E-state index contributed by atoms with van der Waals surface area (Å²) in [5.41, 5.74) is -0.198. The van der Waals surface area contributed by atoms with Crippen LogP contribution in [0, 0.1) is 23.4 Å². The van der Waals surface area contributed by atoms with E-state index in [2.05, 4.69) is 0 Å². The third kappa shape index (κ3) is 3.26. The molecule has 0 unspecified atom stereocenters. The molecule has 0 radical (unpaired) electrons. The van der Waals surface area contributed by atoms with Crippen molar-refractivity contribution in [3.63, 3.8) is 0 Å². The predicted molar refractivity (Wildman–Crippen MR) is 62.8 cm³/mol. The summed E-state index contributed by atoms with van der Waals surface area (Å²) in [5, 5.41) is 18.8. The fraction of sp³-hybridized carbons (Fsp3) is 0.538. The first kappa shape index (κ1) is 14.3. The SMILES string of the molecule is OC[C@H]1CCN(Cc2c(F)cc(F)cc2F)C[C@H]1O. The zero-order valence-electron chi connectivity index (χ0n) is 10.3. The fourth-order valence-corrected chi connectivity index (χ4v) is 2.35. The molecule has 3 nitrogen and oxygen atoms in total. The number of benzene rings is 1. The van der Waals surface area contributed by atoms with Crippen molar-refractivity contribution in [3.05, 3.63) is 35.1 Å². The van der Waals surface area contributed by atoms with E-state index in [1.165, 1.54) is 0 Å². The van der Waals surface area contributed by atoms with Crippen LogP contribution in [0.1, 0.15) is 12.0 Å². The lowest BCUT2D eigenvalue weighted by Gasteiger charge is -2.35. The normalized spacial score (nSPS) is 24.7. The number of halogens is 3. The van der Waals surface area contributed by atoms with Crippen LogP contribution in [-0.2, 0) is 6.54 Å². The van der Waals surface area contributed by atoms with Crippen LogP contribution in [0.2, 0.25) is 0 Å². The number of hydrogen-bond acceptors (Lipinski definition) is 3. The van der Waals surface area contributed by atoms with Gasteiger partial charge in [-0.15, -0.1) is 0 Å². The topological polar surface area (TPSA) is 43.7 Å². The number of piperidine rings is 1. The van der Waals surface area contributed by atoms with Gasteiger partial charge in [-0.3, -0.25) is 4.90 Å². The van der Waals surface area contributed by atoms with Gasteiger partial charge in [0.05, 0.1) is 6.10 Å². The van der Waals surface area contributed by atoms with Crippen molar-refractivity contribution < 1.29 is 23.4 Å². The first-order valence-electron chi connectivity index (χ1n) is 6.16. The van der Waals surface area contributed by atoms with Crippen LogP contribution in [-0.4, -0.2) is 40.9 Å². The maximum atomic E-state index is 13.5. The molecule has 0 aromatic heterocycles. The van der Waals surface area contributed by atoms with Gasteiger partial charge in [0.2, 0.25) is 0 Å². The van der Waals surface area contributed by atoms with Crippen LogP contribution < -0.4 is 0 Å². The van der Waals surface area contributed by atoms with Crippen molar-refractivity contribution in [1.29, 1.82) is 0 Å². The summed E-state index contributed by atoms with van der Waals surface area (Å²) in [4.78, 5) is 1.69. The van der Waals surface area contributed by atoms with Crippen molar-refractivity contribution >= 4 is 0 Å². The smallest absolute Gasteiger partial charge is 0.133 e. The highest BCUT2D eigenvalue weighted by Crippen LogP contribution is 2.22. The van der Waals surface area contributed by atoms with E-state index >= 15 is 0 Å². The summed E-state index contributed by atoms with van der Waals surface area (Å²) in [7, 11) is 0. The van der Waals surface area contributed by atoms with Crippen LogP contribution in [0.4, 0.5) is 13.2 Å². The number of likely N-dealkylation sites (tertiary alicyclic amines) is 1. The Morgan fingerprint density at radius 1 is 1.21 bits per heavy atom. The molecular formula is C13H16F3NO2. The predicted octanol–water partition coefficient (Wildman–Crippen LogP) is 1.28. The Kier molecular flexibility index (Phi) is 4.44. The zero-order valence-corrected chi connectivity index (χ0v) is 10.3. The molecule has 2 atom stereocenters. The van der Waals surface area contributed by atoms with E-state index in [0.717, 1.165) is 0 Å². The van der Waals surface area contributed by atoms with E-state index in [1.54, 1.807) is 4.90 Å². The van der Waals surface area contributed by atoms with Gasteiger partial charge in [-0.1, -0.05) is 0 Å². The first-order chi connectivity index (χ1) is 9.01. The van der Waals surface area contributed by atoms with Crippen molar-refractivity contribution in [3.8, 4) is 0 Å². The third-order valence-corrected chi connectivity index (χ3v) is 3.53. The molecule has 1 aromatic carbocycles. The van der Waals surface area contributed by atoms with Crippen LogP contribution in [0.25, 0.3) is 0 Å². The molecule has 0 bridgehead atoms. The zero-order chi connectivity index (χ0) is 14.0. The molecule has 1 aliphatic rings. The van der Waals surface area contributed by atoms with E-state index in [4.69, 9.17) is 5.11 Å². The molecule has 6 heteroatoms. The number of nitrogens with zero attached hydrogens (tertiary/aromatic N) is 1. The van der Waals surface area contributed by atoms with Gasteiger partial charge >= 0.3 is 0 Å². The standard InChI is InChI=1S/C13H16F3NO2/c14-9-3-11(15)10(12(16)4-9)5-17-2-1-8(7-18)13(19)6-17/h3-4,8,13,18-19H,1-2,5-7H2/t8-,13-/m1/s1. The Morgan fingerprint density at radius 3 is 2.37 bits per heavy atom. The van der Waals surface area contributed by atoms with Gasteiger partial charge in [0.15, 0.2) is 0 Å². The molecule has 1 fully saturated rings. The van der Waals surface area contributed by atoms with Crippen molar-refractivity contribution in [1.82, 2.24) is 4.90 Å². The lowest BCUT2D eigenvalue weighted by Crippen LogP contribution is -2.44. The van der Waals surface area contributed by atoms with E-state index < -0.39 is 23.6 Å². The van der Waals surface area contributed by atoms with Gasteiger partial charge in [-0.2, -0.15) is 0 Å². The van der Waals surface area contributed by atoms with Crippen LogP contribution >= 0.6 is 0 Å². The van der Waals surface area contributed by atoms with Gasteiger partial charge in [0.1, 0.15) is 17.5 Å². The number of rotatable bonds is 3. The molecule has 2 N–H and O–H groups in total. The summed E-state index contributed by atoms with van der Waals surface area (Å²) in [6.45, 7) is 0.640. The van der Waals surface area contributed by atoms with Crippen molar-refractivity contribution in [2.75, 3.05) is 19.7 Å². The maximum Gasteiger partial charge on any atom is 0.133 e. The van der Waals surface area contributed by atoms with E-state index in [-0.39, 0.29) is 31.2 Å². The Bertz CT molecular complexity index is 433.